The van der Waals surface area contributed by atoms with Crippen LogP contribution in [-0.2, 0) is 6.42 Å². The number of hydrogen-bond donors (Lipinski definition) is 0. The van der Waals surface area contributed by atoms with E-state index in [-0.39, 0.29) is 0 Å². The third-order valence-corrected chi connectivity index (χ3v) is 4.68. The summed E-state index contributed by atoms with van der Waals surface area (Å²) in [5.41, 5.74) is 0. The molecule has 0 atom stereocenters. The van der Waals surface area contributed by atoms with Crippen molar-refractivity contribution in [1.82, 2.24) is 0 Å². The maximum atomic E-state index is 3.76. The van der Waals surface area contributed by atoms with Crippen LogP contribution in [0.1, 0.15) is 4.88 Å². The number of hydrogen-bond acceptors (Lipinski definition) is 1. The molecular formula is C9H14SSi. The second-order valence-corrected chi connectivity index (χ2v) is 6.88. The molecule has 0 aliphatic rings. The molecular weight excluding hydrogens is 168 g/mol. The summed E-state index contributed by atoms with van der Waals surface area (Å²) >= 11 is 1.87. The first-order chi connectivity index (χ1) is 5.25. The minimum Gasteiger partial charge on any atom is -0.149 e. The minimum atomic E-state index is -0.588. The van der Waals surface area contributed by atoms with Gasteiger partial charge >= 0.3 is 0 Å². The van der Waals surface area contributed by atoms with Crippen LogP contribution in [0.15, 0.2) is 24.1 Å². The van der Waals surface area contributed by atoms with Crippen LogP contribution >= 0.6 is 11.3 Å². The molecule has 0 saturated carbocycles. The van der Waals surface area contributed by atoms with Crippen molar-refractivity contribution in [3.05, 3.63) is 29.0 Å². The first kappa shape index (κ1) is 8.75. The van der Waals surface area contributed by atoms with Gasteiger partial charge in [0.25, 0.3) is 0 Å². The number of thiophene rings is 1. The molecule has 0 aliphatic heterocycles. The fourth-order valence-corrected chi connectivity index (χ4v) is 4.25. The SMILES string of the molecule is C=CCc1sccc1[SiH](C)C. The van der Waals surface area contributed by atoms with Crippen molar-refractivity contribution in [1.29, 1.82) is 0 Å². The van der Waals surface area contributed by atoms with Gasteiger partial charge in [0.1, 0.15) is 0 Å². The van der Waals surface area contributed by atoms with Crippen molar-refractivity contribution in [3.63, 3.8) is 0 Å². The molecule has 0 fully saturated rings. The lowest BCUT2D eigenvalue weighted by molar-refractivity contribution is 1.37. The molecule has 0 amide bonds. The fourth-order valence-electron chi connectivity index (χ4n) is 1.16. The van der Waals surface area contributed by atoms with Gasteiger partial charge in [0.05, 0.1) is 8.80 Å². The summed E-state index contributed by atoms with van der Waals surface area (Å²) < 4.78 is 0. The van der Waals surface area contributed by atoms with E-state index < -0.39 is 8.80 Å². The summed E-state index contributed by atoms with van der Waals surface area (Å²) in [5, 5.41) is 3.82. The van der Waals surface area contributed by atoms with E-state index in [4.69, 9.17) is 0 Å². The van der Waals surface area contributed by atoms with Crippen molar-refractivity contribution >= 4 is 25.3 Å². The van der Waals surface area contributed by atoms with Crippen LogP contribution in [0.5, 0.6) is 0 Å². The number of allylic oxidation sites excluding steroid dienone is 1. The van der Waals surface area contributed by atoms with E-state index in [1.807, 2.05) is 17.4 Å². The summed E-state index contributed by atoms with van der Waals surface area (Å²) in [5.74, 6) is 0. The molecule has 1 aromatic rings. The molecule has 1 rings (SSSR count). The molecule has 0 bridgehead atoms. The lowest BCUT2D eigenvalue weighted by Gasteiger charge is -2.02. The Kier molecular flexibility index (Phi) is 3.09. The monoisotopic (exact) mass is 182 g/mol. The summed E-state index contributed by atoms with van der Waals surface area (Å²) in [6, 6.07) is 2.28. The Balaban J connectivity index is 2.86. The Hall–Kier alpha value is -0.343. The summed E-state index contributed by atoms with van der Waals surface area (Å²) in [6.07, 6.45) is 3.05. The highest BCUT2D eigenvalue weighted by molar-refractivity contribution is 7.11. The van der Waals surface area contributed by atoms with Crippen LogP contribution in [0.3, 0.4) is 0 Å². The van der Waals surface area contributed by atoms with Crippen LogP contribution in [0.2, 0.25) is 13.1 Å². The van der Waals surface area contributed by atoms with Crippen LogP contribution in [0, 0.1) is 0 Å². The van der Waals surface area contributed by atoms with E-state index in [9.17, 15) is 0 Å². The number of rotatable bonds is 3. The predicted molar refractivity (Wildman–Crippen MR) is 56.7 cm³/mol. The second kappa shape index (κ2) is 3.88. The Labute approximate surface area is 74.2 Å². The third-order valence-electron chi connectivity index (χ3n) is 1.73. The third kappa shape index (κ3) is 2.04. The molecule has 0 saturated heterocycles. The largest absolute Gasteiger partial charge is 0.149 e. The van der Waals surface area contributed by atoms with E-state index in [1.54, 1.807) is 5.19 Å². The smallest absolute Gasteiger partial charge is 0.0662 e. The maximum Gasteiger partial charge on any atom is 0.0662 e. The first-order valence-corrected chi connectivity index (χ1v) is 7.69. The molecule has 11 heavy (non-hydrogen) atoms. The highest BCUT2D eigenvalue weighted by Gasteiger charge is 2.06. The van der Waals surface area contributed by atoms with E-state index in [2.05, 4.69) is 31.1 Å². The van der Waals surface area contributed by atoms with Crippen LogP contribution in [-0.4, -0.2) is 8.80 Å². The van der Waals surface area contributed by atoms with Crippen molar-refractivity contribution < 1.29 is 0 Å². The van der Waals surface area contributed by atoms with Gasteiger partial charge in [-0.3, -0.25) is 0 Å². The normalized spacial score (nSPS) is 10.5. The fraction of sp³-hybridized carbons (Fsp3) is 0.333. The average molecular weight is 182 g/mol. The highest BCUT2D eigenvalue weighted by atomic mass is 32.1. The quantitative estimate of drug-likeness (QED) is 0.496. The lowest BCUT2D eigenvalue weighted by atomic mass is 10.3. The van der Waals surface area contributed by atoms with E-state index >= 15 is 0 Å². The summed E-state index contributed by atoms with van der Waals surface area (Å²) in [4.78, 5) is 1.53. The van der Waals surface area contributed by atoms with E-state index in [1.165, 1.54) is 4.88 Å². The zero-order valence-corrected chi connectivity index (χ0v) is 9.10. The molecule has 0 radical (unpaired) electrons. The van der Waals surface area contributed by atoms with Crippen LogP contribution < -0.4 is 5.19 Å². The topological polar surface area (TPSA) is 0 Å². The second-order valence-electron chi connectivity index (χ2n) is 2.95. The summed E-state index contributed by atoms with van der Waals surface area (Å²) in [6.45, 7) is 8.50. The van der Waals surface area contributed by atoms with Crippen LogP contribution in [0.25, 0.3) is 0 Å². The Morgan fingerprint density at radius 1 is 1.64 bits per heavy atom. The maximum absolute atomic E-state index is 3.76. The predicted octanol–water partition coefficient (Wildman–Crippen LogP) is 2.17. The van der Waals surface area contributed by atoms with Gasteiger partial charge < -0.3 is 0 Å². The average Bonchev–Trinajstić information content (AvgIpc) is 2.36. The highest BCUT2D eigenvalue weighted by Crippen LogP contribution is 2.08. The van der Waals surface area contributed by atoms with Crippen molar-refractivity contribution in [2.45, 2.75) is 19.5 Å². The minimum absolute atomic E-state index is 0.588. The zero-order chi connectivity index (χ0) is 8.27. The van der Waals surface area contributed by atoms with Gasteiger partial charge in [-0.1, -0.05) is 25.2 Å². The van der Waals surface area contributed by atoms with Gasteiger partial charge in [-0.15, -0.1) is 17.9 Å². The first-order valence-electron chi connectivity index (χ1n) is 3.93. The Morgan fingerprint density at radius 2 is 2.36 bits per heavy atom. The molecule has 0 aromatic carbocycles. The molecule has 0 aliphatic carbocycles. The molecule has 1 aromatic heterocycles. The molecule has 0 nitrogen and oxygen atoms in total. The van der Waals surface area contributed by atoms with E-state index in [0.717, 1.165) is 6.42 Å². The van der Waals surface area contributed by atoms with Gasteiger partial charge in [-0.25, -0.2) is 0 Å². The zero-order valence-electron chi connectivity index (χ0n) is 7.13. The Morgan fingerprint density at radius 3 is 2.91 bits per heavy atom. The van der Waals surface area contributed by atoms with Crippen molar-refractivity contribution in [3.8, 4) is 0 Å². The van der Waals surface area contributed by atoms with Crippen molar-refractivity contribution in [2.75, 3.05) is 0 Å². The van der Waals surface area contributed by atoms with Gasteiger partial charge in [0.2, 0.25) is 0 Å². The lowest BCUT2D eigenvalue weighted by Crippen LogP contribution is -2.23. The van der Waals surface area contributed by atoms with Gasteiger partial charge in [-0.2, -0.15) is 0 Å². The molecule has 1 heterocycles. The summed E-state index contributed by atoms with van der Waals surface area (Å²) in [7, 11) is -0.588. The van der Waals surface area contributed by atoms with Gasteiger partial charge in [-0.05, 0) is 17.0 Å². The van der Waals surface area contributed by atoms with Gasteiger partial charge in [0, 0.05) is 4.88 Å². The molecule has 0 N–H and O–H groups in total. The molecule has 0 unspecified atom stereocenters. The van der Waals surface area contributed by atoms with Crippen LogP contribution in [0.4, 0.5) is 0 Å². The van der Waals surface area contributed by atoms with Gasteiger partial charge in [0.15, 0.2) is 0 Å². The van der Waals surface area contributed by atoms with E-state index in [0.29, 0.717) is 0 Å². The molecule has 60 valence electrons. The molecule has 0 spiro atoms. The molecule has 2 heteroatoms. The standard InChI is InChI=1S/C9H14SSi/c1-4-5-8-9(11(2)3)6-7-10-8/h4,6-7,11H,1,5H2,2-3H3. The van der Waals surface area contributed by atoms with Crippen molar-refractivity contribution in [2.24, 2.45) is 0 Å². The Bertz CT molecular complexity index is 237.